The number of ether oxygens (including phenoxy) is 1. The van der Waals surface area contributed by atoms with Crippen molar-refractivity contribution in [3.63, 3.8) is 0 Å². The zero-order valence-electron chi connectivity index (χ0n) is 17.2. The van der Waals surface area contributed by atoms with Crippen LogP contribution < -0.4 is 15.5 Å². The highest BCUT2D eigenvalue weighted by Gasteiger charge is 2.25. The number of nitrogens with zero attached hydrogens (tertiary/aromatic N) is 1. The molecule has 1 aliphatic heterocycles. The van der Waals surface area contributed by atoms with Gasteiger partial charge >= 0.3 is 6.03 Å². The van der Waals surface area contributed by atoms with Gasteiger partial charge in [-0.3, -0.25) is 0 Å². The Kier molecular flexibility index (Phi) is 6.57. The molecule has 150 valence electrons. The number of amides is 2. The van der Waals surface area contributed by atoms with Crippen molar-refractivity contribution in [2.24, 2.45) is 5.92 Å². The fraction of sp³-hybridized carbons (Fsp3) is 0.435. The van der Waals surface area contributed by atoms with Crippen LogP contribution in [0.25, 0.3) is 0 Å². The summed E-state index contributed by atoms with van der Waals surface area (Å²) in [5.74, 6) is 0.282. The molecule has 0 saturated carbocycles. The van der Waals surface area contributed by atoms with Crippen molar-refractivity contribution in [2.45, 2.75) is 45.9 Å². The second-order valence-corrected chi connectivity index (χ2v) is 7.91. The first-order chi connectivity index (χ1) is 13.4. The van der Waals surface area contributed by atoms with Gasteiger partial charge in [0.1, 0.15) is 0 Å². The Bertz CT molecular complexity index is 768. The predicted molar refractivity (Wildman–Crippen MR) is 115 cm³/mol. The van der Waals surface area contributed by atoms with E-state index in [2.05, 4.69) is 61.4 Å². The number of anilines is 2. The molecule has 2 aromatic carbocycles. The molecule has 2 N–H and O–H groups in total. The van der Waals surface area contributed by atoms with E-state index in [-0.39, 0.29) is 30.2 Å². The number of hydrogen-bond acceptors (Lipinski definition) is 3. The van der Waals surface area contributed by atoms with E-state index in [1.54, 1.807) is 0 Å². The van der Waals surface area contributed by atoms with Crippen LogP contribution in [0.15, 0.2) is 54.6 Å². The number of carbonyl (C=O) groups excluding carboxylic acids is 1. The van der Waals surface area contributed by atoms with Gasteiger partial charge in [0.15, 0.2) is 0 Å². The molecule has 2 aromatic rings. The molecule has 3 unspecified atom stereocenters. The van der Waals surface area contributed by atoms with Gasteiger partial charge in [0, 0.05) is 13.1 Å². The Labute approximate surface area is 168 Å². The summed E-state index contributed by atoms with van der Waals surface area (Å²) in [6, 6.07) is 17.8. The number of rotatable bonds is 5. The van der Waals surface area contributed by atoms with Crippen LogP contribution in [0.3, 0.4) is 0 Å². The average Bonchev–Trinajstić information content (AvgIpc) is 2.66. The van der Waals surface area contributed by atoms with Crippen molar-refractivity contribution in [1.29, 1.82) is 0 Å². The molecule has 0 aromatic heterocycles. The number of urea groups is 1. The highest BCUT2D eigenvalue weighted by molar-refractivity contribution is 5.93. The van der Waals surface area contributed by atoms with Crippen LogP contribution in [-0.2, 0) is 4.74 Å². The minimum Gasteiger partial charge on any atom is -0.372 e. The third kappa shape index (κ3) is 5.04. The number of para-hydroxylation sites is 2. The summed E-state index contributed by atoms with van der Waals surface area (Å²) in [6.07, 6.45) is 0.322. The van der Waals surface area contributed by atoms with Crippen molar-refractivity contribution in [1.82, 2.24) is 5.32 Å². The van der Waals surface area contributed by atoms with Gasteiger partial charge in [0.25, 0.3) is 0 Å². The Morgan fingerprint density at radius 2 is 1.61 bits per heavy atom. The molecular weight excluding hydrogens is 350 g/mol. The van der Waals surface area contributed by atoms with Crippen LogP contribution in [0, 0.1) is 5.92 Å². The molecule has 5 nitrogen and oxygen atoms in total. The van der Waals surface area contributed by atoms with Crippen LogP contribution >= 0.6 is 0 Å². The van der Waals surface area contributed by atoms with Crippen LogP contribution in [0.4, 0.5) is 16.2 Å². The Hall–Kier alpha value is -2.53. The highest BCUT2D eigenvalue weighted by atomic mass is 16.5. The molecule has 28 heavy (non-hydrogen) atoms. The highest BCUT2D eigenvalue weighted by Crippen LogP contribution is 2.29. The number of carbonyl (C=O) groups is 1. The number of benzene rings is 2. The molecule has 0 radical (unpaired) electrons. The van der Waals surface area contributed by atoms with Gasteiger partial charge in [-0.05, 0) is 37.5 Å². The van der Waals surface area contributed by atoms with E-state index in [0.717, 1.165) is 30.0 Å². The lowest BCUT2D eigenvalue weighted by atomic mass is 9.96. The van der Waals surface area contributed by atoms with Gasteiger partial charge in [0.05, 0.1) is 29.6 Å². The van der Waals surface area contributed by atoms with E-state index >= 15 is 0 Å². The third-order valence-electron chi connectivity index (χ3n) is 5.02. The van der Waals surface area contributed by atoms with Crippen LogP contribution in [0.2, 0.25) is 0 Å². The number of nitrogens with one attached hydrogen (secondary N) is 2. The van der Waals surface area contributed by atoms with Crippen LogP contribution in [0.1, 0.15) is 39.3 Å². The van der Waals surface area contributed by atoms with Gasteiger partial charge in [-0.1, -0.05) is 56.3 Å². The molecule has 3 rings (SSSR count). The minimum atomic E-state index is -0.190. The fourth-order valence-corrected chi connectivity index (χ4v) is 3.82. The third-order valence-corrected chi connectivity index (χ3v) is 5.02. The van der Waals surface area contributed by atoms with Gasteiger partial charge in [-0.25, -0.2) is 4.79 Å². The summed E-state index contributed by atoms with van der Waals surface area (Å²) >= 11 is 0. The molecule has 1 aliphatic rings. The smallest absolute Gasteiger partial charge is 0.319 e. The van der Waals surface area contributed by atoms with Gasteiger partial charge in [0.2, 0.25) is 0 Å². The summed E-state index contributed by atoms with van der Waals surface area (Å²) in [6.45, 7) is 10.0. The maximum atomic E-state index is 12.8. The molecule has 1 saturated heterocycles. The van der Waals surface area contributed by atoms with E-state index in [1.807, 2.05) is 36.4 Å². The SMILES string of the molecule is CC1CN(c2ccccc2NC(=O)NC(c2ccccc2)C(C)C)CC(C)O1. The van der Waals surface area contributed by atoms with Crippen LogP contribution in [0.5, 0.6) is 0 Å². The second-order valence-electron chi connectivity index (χ2n) is 7.91. The maximum Gasteiger partial charge on any atom is 0.319 e. The zero-order valence-corrected chi connectivity index (χ0v) is 17.2. The molecule has 0 bridgehead atoms. The zero-order chi connectivity index (χ0) is 20.1. The molecule has 1 fully saturated rings. The molecule has 1 heterocycles. The maximum absolute atomic E-state index is 12.8. The van der Waals surface area contributed by atoms with E-state index in [1.165, 1.54) is 0 Å². The first-order valence-corrected chi connectivity index (χ1v) is 10.1. The standard InChI is InChI=1S/C23H31N3O2/c1-16(2)22(19-10-6-5-7-11-19)25-23(27)24-20-12-8-9-13-21(20)26-14-17(3)28-18(4)15-26/h5-13,16-18,22H,14-15H2,1-4H3,(H2,24,25,27). The summed E-state index contributed by atoms with van der Waals surface area (Å²) in [4.78, 5) is 15.1. The van der Waals surface area contributed by atoms with Crippen molar-refractivity contribution < 1.29 is 9.53 Å². The normalized spacial score (nSPS) is 20.7. The monoisotopic (exact) mass is 381 g/mol. The van der Waals surface area contributed by atoms with Crippen molar-refractivity contribution in [2.75, 3.05) is 23.3 Å². The van der Waals surface area contributed by atoms with E-state index in [9.17, 15) is 4.79 Å². The Morgan fingerprint density at radius 3 is 2.25 bits per heavy atom. The summed E-state index contributed by atoms with van der Waals surface area (Å²) in [5, 5.41) is 6.20. The Balaban J connectivity index is 1.74. The average molecular weight is 382 g/mol. The fourth-order valence-electron chi connectivity index (χ4n) is 3.82. The molecule has 0 spiro atoms. The molecule has 2 amide bonds. The first-order valence-electron chi connectivity index (χ1n) is 10.1. The van der Waals surface area contributed by atoms with Gasteiger partial charge in [-0.2, -0.15) is 0 Å². The minimum absolute atomic E-state index is 0.0446. The van der Waals surface area contributed by atoms with Crippen molar-refractivity contribution in [3.05, 3.63) is 60.2 Å². The predicted octanol–water partition coefficient (Wildman–Crippen LogP) is 4.82. The van der Waals surface area contributed by atoms with Crippen molar-refractivity contribution in [3.8, 4) is 0 Å². The lowest BCUT2D eigenvalue weighted by molar-refractivity contribution is -0.00517. The first kappa shape index (κ1) is 20.2. The van der Waals surface area contributed by atoms with E-state index in [0.29, 0.717) is 0 Å². The number of hydrogen-bond donors (Lipinski definition) is 2. The second kappa shape index (κ2) is 9.11. The lowest BCUT2D eigenvalue weighted by Gasteiger charge is -2.37. The van der Waals surface area contributed by atoms with Gasteiger partial charge < -0.3 is 20.3 Å². The van der Waals surface area contributed by atoms with Gasteiger partial charge in [-0.15, -0.1) is 0 Å². The summed E-state index contributed by atoms with van der Waals surface area (Å²) in [5.41, 5.74) is 2.95. The quantitative estimate of drug-likeness (QED) is 0.781. The molecule has 0 aliphatic carbocycles. The van der Waals surface area contributed by atoms with Crippen LogP contribution in [-0.4, -0.2) is 31.3 Å². The topological polar surface area (TPSA) is 53.6 Å². The van der Waals surface area contributed by atoms with Crippen molar-refractivity contribution >= 4 is 17.4 Å². The summed E-state index contributed by atoms with van der Waals surface area (Å²) < 4.78 is 5.85. The molecule has 3 atom stereocenters. The van der Waals surface area contributed by atoms with E-state index < -0.39 is 0 Å². The summed E-state index contributed by atoms with van der Waals surface area (Å²) in [7, 11) is 0. The number of morpholine rings is 1. The van der Waals surface area contributed by atoms with E-state index in [4.69, 9.17) is 4.74 Å². The lowest BCUT2D eigenvalue weighted by Crippen LogP contribution is -2.46. The molecular formula is C23H31N3O2. The Morgan fingerprint density at radius 1 is 1.00 bits per heavy atom. The largest absolute Gasteiger partial charge is 0.372 e. The molecule has 5 heteroatoms.